The Hall–Kier alpha value is -1.95. The Bertz CT molecular complexity index is 497. The second-order valence-electron chi connectivity index (χ2n) is 3.55. The minimum absolute atomic E-state index is 0.101. The van der Waals surface area contributed by atoms with E-state index in [0.717, 1.165) is 22.8 Å². The summed E-state index contributed by atoms with van der Waals surface area (Å²) in [5.74, 6) is 0.710. The monoisotopic (exact) mass is 263 g/mol. The number of hydrogen-bond acceptors (Lipinski definition) is 5. The summed E-state index contributed by atoms with van der Waals surface area (Å²) in [6.07, 6.45) is 1.73. The van der Waals surface area contributed by atoms with E-state index in [2.05, 4.69) is 14.7 Å². The molecule has 1 heterocycles. The summed E-state index contributed by atoms with van der Waals surface area (Å²) < 4.78 is 9.15. The lowest BCUT2D eigenvalue weighted by Gasteiger charge is -2.04. The highest BCUT2D eigenvalue weighted by molar-refractivity contribution is 7.09. The number of ether oxygens (including phenoxy) is 1. The van der Waals surface area contributed by atoms with Gasteiger partial charge in [-0.15, -0.1) is 0 Å². The van der Waals surface area contributed by atoms with Crippen molar-refractivity contribution in [3.8, 4) is 5.75 Å². The van der Waals surface area contributed by atoms with E-state index in [-0.39, 0.29) is 5.91 Å². The summed E-state index contributed by atoms with van der Waals surface area (Å²) in [7, 11) is 0. The molecule has 0 unspecified atom stereocenters. The van der Waals surface area contributed by atoms with Gasteiger partial charge in [0.05, 0.1) is 13.0 Å². The normalized spacial score (nSPS) is 10.1. The Balaban J connectivity index is 1.90. The molecule has 0 bridgehead atoms. The molecule has 0 aliphatic heterocycles. The molecule has 0 aliphatic rings. The SMILES string of the molecule is CCOc1ccc(CC(=O)Nc2ncns2)cc1. The van der Waals surface area contributed by atoms with Crippen LogP contribution < -0.4 is 10.1 Å². The first kappa shape index (κ1) is 12.5. The lowest BCUT2D eigenvalue weighted by atomic mass is 10.1. The Morgan fingerprint density at radius 2 is 2.17 bits per heavy atom. The van der Waals surface area contributed by atoms with Gasteiger partial charge in [0.2, 0.25) is 11.0 Å². The zero-order valence-electron chi connectivity index (χ0n) is 9.92. The smallest absolute Gasteiger partial charge is 0.230 e. The molecule has 1 aromatic carbocycles. The quantitative estimate of drug-likeness (QED) is 0.897. The molecule has 2 rings (SSSR count). The van der Waals surface area contributed by atoms with E-state index < -0.39 is 0 Å². The molecule has 94 valence electrons. The number of nitrogens with zero attached hydrogens (tertiary/aromatic N) is 2. The van der Waals surface area contributed by atoms with Gasteiger partial charge in [-0.25, -0.2) is 4.98 Å². The van der Waals surface area contributed by atoms with Crippen molar-refractivity contribution in [3.05, 3.63) is 36.2 Å². The van der Waals surface area contributed by atoms with Crippen molar-refractivity contribution in [3.63, 3.8) is 0 Å². The summed E-state index contributed by atoms with van der Waals surface area (Å²) in [6, 6.07) is 7.48. The Morgan fingerprint density at radius 3 is 2.78 bits per heavy atom. The van der Waals surface area contributed by atoms with E-state index >= 15 is 0 Å². The van der Waals surface area contributed by atoms with E-state index in [4.69, 9.17) is 4.74 Å². The second kappa shape index (κ2) is 6.11. The summed E-state index contributed by atoms with van der Waals surface area (Å²) in [5, 5.41) is 3.20. The average molecular weight is 263 g/mol. The number of aromatic nitrogens is 2. The minimum Gasteiger partial charge on any atom is -0.494 e. The lowest BCUT2D eigenvalue weighted by molar-refractivity contribution is -0.115. The third kappa shape index (κ3) is 3.53. The molecular weight excluding hydrogens is 250 g/mol. The van der Waals surface area contributed by atoms with Gasteiger partial charge in [-0.3, -0.25) is 4.79 Å². The van der Waals surface area contributed by atoms with Crippen LogP contribution in [0.2, 0.25) is 0 Å². The number of benzene rings is 1. The molecule has 0 spiro atoms. The molecule has 0 aliphatic carbocycles. The van der Waals surface area contributed by atoms with E-state index in [9.17, 15) is 4.79 Å². The predicted octanol–water partition coefficient (Wildman–Crippen LogP) is 2.12. The fourth-order valence-corrected chi connectivity index (χ4v) is 1.90. The number of carbonyl (C=O) groups is 1. The molecule has 1 aromatic heterocycles. The molecule has 18 heavy (non-hydrogen) atoms. The van der Waals surface area contributed by atoms with Crippen molar-refractivity contribution < 1.29 is 9.53 Å². The highest BCUT2D eigenvalue weighted by Crippen LogP contribution is 2.13. The van der Waals surface area contributed by atoms with Crippen molar-refractivity contribution in [1.82, 2.24) is 9.36 Å². The maximum Gasteiger partial charge on any atom is 0.230 e. The molecule has 6 heteroatoms. The third-order valence-electron chi connectivity index (χ3n) is 2.21. The van der Waals surface area contributed by atoms with Crippen LogP contribution in [0.1, 0.15) is 12.5 Å². The van der Waals surface area contributed by atoms with Crippen LogP contribution in [0.5, 0.6) is 5.75 Å². The second-order valence-corrected chi connectivity index (χ2v) is 4.33. The van der Waals surface area contributed by atoms with Crippen molar-refractivity contribution in [2.75, 3.05) is 11.9 Å². The summed E-state index contributed by atoms with van der Waals surface area (Å²) >= 11 is 1.16. The molecule has 0 fully saturated rings. The first-order valence-electron chi connectivity index (χ1n) is 5.56. The molecular formula is C12H13N3O2S. The first-order chi connectivity index (χ1) is 8.78. The number of anilines is 1. The van der Waals surface area contributed by atoms with Gasteiger partial charge >= 0.3 is 0 Å². The molecule has 0 radical (unpaired) electrons. The van der Waals surface area contributed by atoms with Crippen LogP contribution in [-0.4, -0.2) is 21.9 Å². The summed E-state index contributed by atoms with van der Waals surface area (Å²) in [6.45, 7) is 2.57. The van der Waals surface area contributed by atoms with Crippen LogP contribution in [0.25, 0.3) is 0 Å². The van der Waals surface area contributed by atoms with Crippen LogP contribution in [0, 0.1) is 0 Å². The van der Waals surface area contributed by atoms with Crippen LogP contribution in [0.3, 0.4) is 0 Å². The minimum atomic E-state index is -0.101. The van der Waals surface area contributed by atoms with Gasteiger partial charge in [-0.2, -0.15) is 4.37 Å². The third-order valence-corrected chi connectivity index (χ3v) is 2.79. The van der Waals surface area contributed by atoms with E-state index in [1.165, 1.54) is 6.33 Å². The number of carbonyl (C=O) groups excluding carboxylic acids is 1. The van der Waals surface area contributed by atoms with E-state index in [1.54, 1.807) is 0 Å². The number of nitrogens with one attached hydrogen (secondary N) is 1. The lowest BCUT2D eigenvalue weighted by Crippen LogP contribution is -2.14. The van der Waals surface area contributed by atoms with Gasteiger partial charge in [0.15, 0.2) is 0 Å². The molecule has 2 aromatic rings. The fraction of sp³-hybridized carbons (Fsp3) is 0.250. The maximum absolute atomic E-state index is 11.7. The Morgan fingerprint density at radius 1 is 1.39 bits per heavy atom. The van der Waals surface area contributed by atoms with Gasteiger partial charge in [0.25, 0.3) is 0 Å². The predicted molar refractivity (Wildman–Crippen MR) is 69.9 cm³/mol. The van der Waals surface area contributed by atoms with Gasteiger partial charge < -0.3 is 10.1 Å². The number of rotatable bonds is 5. The van der Waals surface area contributed by atoms with E-state index in [1.807, 2.05) is 31.2 Å². The average Bonchev–Trinajstić information content (AvgIpc) is 2.84. The van der Waals surface area contributed by atoms with Crippen molar-refractivity contribution >= 4 is 22.6 Å². The highest BCUT2D eigenvalue weighted by atomic mass is 32.1. The summed E-state index contributed by atoms with van der Waals surface area (Å²) in [5.41, 5.74) is 0.931. The maximum atomic E-state index is 11.7. The fourth-order valence-electron chi connectivity index (χ4n) is 1.45. The molecule has 0 atom stereocenters. The van der Waals surface area contributed by atoms with Crippen molar-refractivity contribution in [2.45, 2.75) is 13.3 Å². The van der Waals surface area contributed by atoms with Crippen LogP contribution in [0.15, 0.2) is 30.6 Å². The van der Waals surface area contributed by atoms with E-state index in [0.29, 0.717) is 18.2 Å². The van der Waals surface area contributed by atoms with Crippen LogP contribution in [0.4, 0.5) is 5.13 Å². The highest BCUT2D eigenvalue weighted by Gasteiger charge is 2.06. The molecule has 1 amide bonds. The zero-order valence-corrected chi connectivity index (χ0v) is 10.7. The first-order valence-corrected chi connectivity index (χ1v) is 6.33. The standard InChI is InChI=1S/C12H13N3O2S/c1-2-17-10-5-3-9(4-6-10)7-11(16)15-12-13-8-14-18-12/h3-6,8H,2,7H2,1H3,(H,13,14,15,16). The van der Waals surface area contributed by atoms with Gasteiger partial charge in [0, 0.05) is 11.5 Å². The number of hydrogen-bond donors (Lipinski definition) is 1. The zero-order chi connectivity index (χ0) is 12.8. The largest absolute Gasteiger partial charge is 0.494 e. The Labute approximate surface area is 109 Å². The van der Waals surface area contributed by atoms with Crippen molar-refractivity contribution in [1.29, 1.82) is 0 Å². The molecule has 5 nitrogen and oxygen atoms in total. The molecule has 0 saturated heterocycles. The van der Waals surface area contributed by atoms with Crippen LogP contribution >= 0.6 is 11.5 Å². The van der Waals surface area contributed by atoms with Crippen molar-refractivity contribution in [2.24, 2.45) is 0 Å². The van der Waals surface area contributed by atoms with Crippen LogP contribution in [-0.2, 0) is 11.2 Å². The van der Waals surface area contributed by atoms with Gasteiger partial charge in [-0.1, -0.05) is 12.1 Å². The Kier molecular flexibility index (Phi) is 4.25. The van der Waals surface area contributed by atoms with Gasteiger partial charge in [0.1, 0.15) is 12.1 Å². The molecule has 0 saturated carbocycles. The summed E-state index contributed by atoms with van der Waals surface area (Å²) in [4.78, 5) is 15.6. The van der Waals surface area contributed by atoms with Gasteiger partial charge in [-0.05, 0) is 24.6 Å². The molecule has 1 N–H and O–H groups in total. The number of amides is 1. The topological polar surface area (TPSA) is 64.1 Å².